The maximum Gasteiger partial charge on any atom is 0.231 e. The second kappa shape index (κ2) is 6.37. The maximum atomic E-state index is 11.9. The molecule has 1 aliphatic carbocycles. The molecule has 8 heteroatoms. The first-order valence-corrected chi connectivity index (χ1v) is 9.39. The highest BCUT2D eigenvalue weighted by molar-refractivity contribution is 7.88. The molecular weight excluding hydrogens is 320 g/mol. The van der Waals surface area contributed by atoms with Gasteiger partial charge >= 0.3 is 0 Å². The van der Waals surface area contributed by atoms with Crippen molar-refractivity contribution in [3.8, 4) is 11.5 Å². The molecule has 3 rings (SSSR count). The number of fused-ring (bicyclic) bond motifs is 1. The molecular formula is C15H20N2O5S. The summed E-state index contributed by atoms with van der Waals surface area (Å²) in [5.41, 5.74) is 0.813. The Labute approximate surface area is 135 Å². The molecule has 1 aromatic rings. The first-order chi connectivity index (χ1) is 10.9. The van der Waals surface area contributed by atoms with Gasteiger partial charge in [-0.3, -0.25) is 4.79 Å². The van der Waals surface area contributed by atoms with E-state index in [9.17, 15) is 13.2 Å². The molecule has 1 fully saturated rings. The van der Waals surface area contributed by atoms with Crippen molar-refractivity contribution in [1.29, 1.82) is 0 Å². The van der Waals surface area contributed by atoms with Crippen molar-refractivity contribution < 1.29 is 22.7 Å². The predicted molar refractivity (Wildman–Crippen MR) is 83.6 cm³/mol. The number of amides is 1. The Hall–Kier alpha value is -1.80. The fraction of sp³-hybridized carbons (Fsp3) is 0.533. The van der Waals surface area contributed by atoms with Gasteiger partial charge in [-0.2, -0.15) is 4.31 Å². The summed E-state index contributed by atoms with van der Waals surface area (Å²) in [6.45, 7) is 0.967. The largest absolute Gasteiger partial charge is 0.454 e. The van der Waals surface area contributed by atoms with Crippen LogP contribution in [0.2, 0.25) is 0 Å². The zero-order valence-electron chi connectivity index (χ0n) is 12.9. The zero-order valence-corrected chi connectivity index (χ0v) is 13.8. The topological polar surface area (TPSA) is 84.9 Å². The number of ether oxygens (including phenoxy) is 2. The Kier molecular flexibility index (Phi) is 4.45. The molecule has 0 bridgehead atoms. The van der Waals surface area contributed by atoms with Crippen molar-refractivity contribution in [1.82, 2.24) is 9.62 Å². The molecule has 1 aromatic carbocycles. The molecule has 0 radical (unpaired) electrons. The molecule has 126 valence electrons. The van der Waals surface area contributed by atoms with Gasteiger partial charge < -0.3 is 14.8 Å². The van der Waals surface area contributed by atoms with Crippen LogP contribution in [-0.2, 0) is 21.4 Å². The number of hydrogen-bond acceptors (Lipinski definition) is 5. The first kappa shape index (κ1) is 16.1. The van der Waals surface area contributed by atoms with Crippen LogP contribution in [0, 0.1) is 5.92 Å². The molecule has 0 saturated heterocycles. The summed E-state index contributed by atoms with van der Waals surface area (Å²) in [4.78, 5) is 11.6. The van der Waals surface area contributed by atoms with Crippen molar-refractivity contribution >= 4 is 15.9 Å². The van der Waals surface area contributed by atoms with Gasteiger partial charge in [0.25, 0.3) is 0 Å². The SMILES string of the molecule is CS(=O)(=O)N(CCNC(=O)C1CC1)Cc1ccc2c(c1)OCO2. The fourth-order valence-corrected chi connectivity index (χ4v) is 3.21. The van der Waals surface area contributed by atoms with Gasteiger partial charge in [0.15, 0.2) is 11.5 Å². The van der Waals surface area contributed by atoms with E-state index >= 15 is 0 Å². The number of nitrogens with one attached hydrogen (secondary N) is 1. The highest BCUT2D eigenvalue weighted by Gasteiger charge is 2.29. The van der Waals surface area contributed by atoms with E-state index in [0.717, 1.165) is 18.4 Å². The van der Waals surface area contributed by atoms with Gasteiger partial charge in [0.05, 0.1) is 6.26 Å². The normalized spacial score (nSPS) is 16.6. The molecule has 1 aliphatic heterocycles. The smallest absolute Gasteiger partial charge is 0.231 e. The van der Waals surface area contributed by atoms with Crippen molar-refractivity contribution in [2.24, 2.45) is 5.92 Å². The van der Waals surface area contributed by atoms with Gasteiger partial charge in [-0.15, -0.1) is 0 Å². The maximum absolute atomic E-state index is 11.9. The monoisotopic (exact) mass is 340 g/mol. The quantitative estimate of drug-likeness (QED) is 0.790. The first-order valence-electron chi connectivity index (χ1n) is 7.55. The lowest BCUT2D eigenvalue weighted by atomic mass is 10.2. The molecule has 2 aliphatic rings. The van der Waals surface area contributed by atoms with Crippen LogP contribution in [-0.4, -0.2) is 44.8 Å². The second-order valence-electron chi connectivity index (χ2n) is 5.85. The van der Waals surface area contributed by atoms with Crippen LogP contribution in [0.1, 0.15) is 18.4 Å². The molecule has 0 atom stereocenters. The van der Waals surface area contributed by atoms with Crippen LogP contribution in [0.4, 0.5) is 0 Å². The lowest BCUT2D eigenvalue weighted by Gasteiger charge is -2.20. The molecule has 1 heterocycles. The highest BCUT2D eigenvalue weighted by Crippen LogP contribution is 2.33. The van der Waals surface area contributed by atoms with Gasteiger partial charge in [-0.1, -0.05) is 6.07 Å². The number of rotatable bonds is 7. The average molecular weight is 340 g/mol. The second-order valence-corrected chi connectivity index (χ2v) is 7.83. The van der Waals surface area contributed by atoms with E-state index in [1.54, 1.807) is 12.1 Å². The molecule has 1 N–H and O–H groups in total. The van der Waals surface area contributed by atoms with Crippen LogP contribution in [0.25, 0.3) is 0 Å². The summed E-state index contributed by atoms with van der Waals surface area (Å²) < 4.78 is 35.8. The number of benzene rings is 1. The summed E-state index contributed by atoms with van der Waals surface area (Å²) in [6.07, 6.45) is 3.03. The van der Waals surface area contributed by atoms with Crippen LogP contribution >= 0.6 is 0 Å². The number of carbonyl (C=O) groups is 1. The third-order valence-corrected chi connectivity index (χ3v) is 5.12. The summed E-state index contributed by atoms with van der Waals surface area (Å²) in [5.74, 6) is 1.42. The van der Waals surface area contributed by atoms with Crippen LogP contribution < -0.4 is 14.8 Å². The third-order valence-electron chi connectivity index (χ3n) is 3.87. The Morgan fingerprint density at radius 3 is 2.74 bits per heavy atom. The standard InChI is InChI=1S/C15H20N2O5S/c1-23(19,20)17(7-6-16-15(18)12-3-4-12)9-11-2-5-13-14(8-11)22-10-21-13/h2,5,8,12H,3-4,6-7,9-10H2,1H3,(H,16,18). The van der Waals surface area contributed by atoms with E-state index in [1.165, 1.54) is 10.6 Å². The summed E-state index contributed by atoms with van der Waals surface area (Å²) in [7, 11) is -3.37. The Bertz CT molecular complexity index is 700. The Balaban J connectivity index is 1.61. The van der Waals surface area contributed by atoms with E-state index in [0.29, 0.717) is 18.0 Å². The Morgan fingerprint density at radius 1 is 1.30 bits per heavy atom. The number of carbonyl (C=O) groups excluding carboxylic acids is 1. The minimum atomic E-state index is -3.37. The van der Waals surface area contributed by atoms with Crippen molar-refractivity contribution in [2.75, 3.05) is 26.1 Å². The van der Waals surface area contributed by atoms with E-state index in [1.807, 2.05) is 6.07 Å². The third kappa shape index (κ3) is 4.14. The van der Waals surface area contributed by atoms with Crippen molar-refractivity contribution in [2.45, 2.75) is 19.4 Å². The summed E-state index contributed by atoms with van der Waals surface area (Å²) in [5, 5.41) is 2.78. The van der Waals surface area contributed by atoms with Gasteiger partial charge in [-0.05, 0) is 30.5 Å². The van der Waals surface area contributed by atoms with Crippen LogP contribution in [0.5, 0.6) is 11.5 Å². The van der Waals surface area contributed by atoms with Gasteiger partial charge in [0.2, 0.25) is 22.7 Å². The molecule has 0 aromatic heterocycles. The number of hydrogen-bond donors (Lipinski definition) is 1. The van der Waals surface area contributed by atoms with Gasteiger partial charge in [0.1, 0.15) is 0 Å². The minimum Gasteiger partial charge on any atom is -0.454 e. The van der Waals surface area contributed by atoms with Crippen molar-refractivity contribution in [3.05, 3.63) is 23.8 Å². The number of nitrogens with zero attached hydrogens (tertiary/aromatic N) is 1. The van der Waals surface area contributed by atoms with Crippen LogP contribution in [0.15, 0.2) is 18.2 Å². The summed E-state index contributed by atoms with van der Waals surface area (Å²) in [6, 6.07) is 5.37. The predicted octanol–water partition coefficient (Wildman–Crippen LogP) is 0.703. The van der Waals surface area contributed by atoms with Gasteiger partial charge in [-0.25, -0.2) is 8.42 Å². The average Bonchev–Trinajstić information content (AvgIpc) is 3.23. The highest BCUT2D eigenvalue weighted by atomic mass is 32.2. The summed E-state index contributed by atoms with van der Waals surface area (Å²) >= 11 is 0. The molecule has 1 saturated carbocycles. The van der Waals surface area contributed by atoms with Gasteiger partial charge in [0, 0.05) is 25.6 Å². The minimum absolute atomic E-state index is 0.0153. The lowest BCUT2D eigenvalue weighted by molar-refractivity contribution is -0.122. The molecule has 7 nitrogen and oxygen atoms in total. The molecule has 0 spiro atoms. The van der Waals surface area contributed by atoms with E-state index in [-0.39, 0.29) is 31.7 Å². The lowest BCUT2D eigenvalue weighted by Crippen LogP contribution is -2.38. The van der Waals surface area contributed by atoms with E-state index in [2.05, 4.69) is 5.32 Å². The van der Waals surface area contributed by atoms with Crippen LogP contribution in [0.3, 0.4) is 0 Å². The number of sulfonamides is 1. The zero-order chi connectivity index (χ0) is 16.4. The van der Waals surface area contributed by atoms with E-state index < -0.39 is 10.0 Å². The fourth-order valence-electron chi connectivity index (χ4n) is 2.40. The molecule has 1 amide bonds. The molecule has 0 unspecified atom stereocenters. The molecule has 23 heavy (non-hydrogen) atoms. The Morgan fingerprint density at radius 2 is 2.04 bits per heavy atom. The van der Waals surface area contributed by atoms with Crippen molar-refractivity contribution in [3.63, 3.8) is 0 Å². The van der Waals surface area contributed by atoms with E-state index in [4.69, 9.17) is 9.47 Å².